The standard InChI is InChI=1S/C18H20O2S2/c1-14-9-10-16(12-18(21-2)22(3)19)17(11-14)20-13-15-7-5-4-6-8-15/h4-12H,13H2,1-3H3/b18-12-. The Morgan fingerprint density at radius 1 is 1.23 bits per heavy atom. The number of benzene rings is 2. The molecule has 4 heteroatoms. The van der Waals surface area contributed by atoms with E-state index >= 15 is 0 Å². The van der Waals surface area contributed by atoms with Crippen LogP contribution in [0.15, 0.2) is 52.8 Å². The molecule has 0 N–H and O–H groups in total. The van der Waals surface area contributed by atoms with Crippen molar-refractivity contribution in [1.82, 2.24) is 0 Å². The number of ether oxygens (including phenoxy) is 1. The fraction of sp³-hybridized carbons (Fsp3) is 0.222. The third kappa shape index (κ3) is 4.75. The van der Waals surface area contributed by atoms with Crippen LogP contribution in [0.3, 0.4) is 0 Å². The van der Waals surface area contributed by atoms with Crippen molar-refractivity contribution < 1.29 is 8.95 Å². The number of rotatable bonds is 6. The molecule has 2 nitrogen and oxygen atoms in total. The summed E-state index contributed by atoms with van der Waals surface area (Å²) in [5.41, 5.74) is 3.23. The van der Waals surface area contributed by atoms with E-state index in [2.05, 4.69) is 0 Å². The quantitative estimate of drug-likeness (QED) is 0.772. The number of thioether (sulfide) groups is 1. The van der Waals surface area contributed by atoms with Gasteiger partial charge >= 0.3 is 0 Å². The Hall–Kier alpha value is -1.52. The molecule has 0 spiro atoms. The Labute approximate surface area is 139 Å². The predicted molar refractivity (Wildman–Crippen MR) is 97.5 cm³/mol. The molecule has 0 aliphatic carbocycles. The Kier molecular flexibility index (Phi) is 6.28. The Balaban J connectivity index is 2.26. The maximum absolute atomic E-state index is 11.7. The first-order chi connectivity index (χ1) is 10.6. The van der Waals surface area contributed by atoms with Crippen LogP contribution in [0.1, 0.15) is 16.7 Å². The third-order valence-electron chi connectivity index (χ3n) is 3.16. The van der Waals surface area contributed by atoms with Crippen molar-refractivity contribution in [3.8, 4) is 5.75 Å². The van der Waals surface area contributed by atoms with Crippen molar-refractivity contribution in [2.45, 2.75) is 13.5 Å². The van der Waals surface area contributed by atoms with Gasteiger partial charge in [0, 0.05) is 11.8 Å². The molecule has 0 radical (unpaired) electrons. The molecule has 2 aromatic carbocycles. The minimum Gasteiger partial charge on any atom is -0.488 e. The summed E-state index contributed by atoms with van der Waals surface area (Å²) in [6, 6.07) is 16.1. The lowest BCUT2D eigenvalue weighted by molar-refractivity contribution is 0.305. The van der Waals surface area contributed by atoms with Crippen LogP contribution in [0.2, 0.25) is 0 Å². The van der Waals surface area contributed by atoms with Crippen LogP contribution >= 0.6 is 11.8 Å². The third-order valence-corrected chi connectivity index (χ3v) is 5.57. The molecule has 0 saturated heterocycles. The average molecular weight is 332 g/mol. The van der Waals surface area contributed by atoms with Crippen molar-refractivity contribution in [2.75, 3.05) is 12.5 Å². The zero-order chi connectivity index (χ0) is 15.9. The van der Waals surface area contributed by atoms with Crippen LogP contribution in [0, 0.1) is 6.92 Å². The van der Waals surface area contributed by atoms with Crippen molar-refractivity contribution in [2.24, 2.45) is 0 Å². The van der Waals surface area contributed by atoms with Gasteiger partial charge in [-0.1, -0.05) is 42.5 Å². The van der Waals surface area contributed by atoms with E-state index in [9.17, 15) is 4.21 Å². The zero-order valence-electron chi connectivity index (χ0n) is 13.0. The molecule has 116 valence electrons. The minimum absolute atomic E-state index is 0.523. The van der Waals surface area contributed by atoms with Gasteiger partial charge in [0.05, 0.1) is 15.0 Å². The van der Waals surface area contributed by atoms with Gasteiger partial charge in [0.25, 0.3) is 0 Å². The SMILES string of the molecule is CS/C(=C/c1ccc(C)cc1OCc1ccccc1)S(C)=O. The van der Waals surface area contributed by atoms with E-state index in [1.165, 1.54) is 11.8 Å². The molecule has 1 unspecified atom stereocenters. The number of aryl methyl sites for hydroxylation is 1. The molecule has 1 atom stereocenters. The first kappa shape index (κ1) is 16.8. The molecule has 0 fully saturated rings. The highest BCUT2D eigenvalue weighted by Crippen LogP contribution is 2.27. The summed E-state index contributed by atoms with van der Waals surface area (Å²) in [6.07, 6.45) is 5.58. The van der Waals surface area contributed by atoms with Crippen molar-refractivity contribution in [3.63, 3.8) is 0 Å². The van der Waals surface area contributed by atoms with Gasteiger partial charge in [-0.15, -0.1) is 11.8 Å². The number of hydrogen-bond donors (Lipinski definition) is 0. The van der Waals surface area contributed by atoms with Crippen molar-refractivity contribution in [1.29, 1.82) is 0 Å². The van der Waals surface area contributed by atoms with E-state index < -0.39 is 10.8 Å². The monoisotopic (exact) mass is 332 g/mol. The molecule has 22 heavy (non-hydrogen) atoms. The first-order valence-corrected chi connectivity index (χ1v) is 9.75. The smallest absolute Gasteiger partial charge is 0.127 e. The topological polar surface area (TPSA) is 26.3 Å². The molecule has 0 aliphatic rings. The lowest BCUT2D eigenvalue weighted by Gasteiger charge is -2.11. The van der Waals surface area contributed by atoms with Gasteiger partial charge in [0.1, 0.15) is 12.4 Å². The highest BCUT2D eigenvalue weighted by Gasteiger charge is 2.06. The Bertz CT molecular complexity index is 679. The molecule has 0 amide bonds. The second-order valence-corrected chi connectivity index (χ2v) is 7.39. The second-order valence-electron chi connectivity index (χ2n) is 4.94. The maximum Gasteiger partial charge on any atom is 0.127 e. The summed E-state index contributed by atoms with van der Waals surface area (Å²) < 4.78 is 18.5. The summed E-state index contributed by atoms with van der Waals surface area (Å²) in [5.74, 6) is 0.820. The van der Waals surface area contributed by atoms with E-state index in [4.69, 9.17) is 4.74 Å². The maximum atomic E-state index is 11.7. The lowest BCUT2D eigenvalue weighted by atomic mass is 10.1. The number of hydrogen-bond acceptors (Lipinski definition) is 3. The van der Waals surface area contributed by atoms with Gasteiger partial charge in [-0.05, 0) is 36.4 Å². The summed E-state index contributed by atoms with van der Waals surface area (Å²) in [4.78, 5) is 0. The Morgan fingerprint density at radius 3 is 2.59 bits per heavy atom. The fourth-order valence-electron chi connectivity index (χ4n) is 2.01. The van der Waals surface area contributed by atoms with E-state index in [0.717, 1.165) is 26.7 Å². The van der Waals surface area contributed by atoms with Crippen LogP contribution in [0.4, 0.5) is 0 Å². The molecule has 0 saturated carbocycles. The molecule has 2 rings (SSSR count). The molecule has 0 bridgehead atoms. The average Bonchev–Trinajstić information content (AvgIpc) is 2.52. The molecule has 0 aliphatic heterocycles. The van der Waals surface area contributed by atoms with Gasteiger partial charge in [0.2, 0.25) is 0 Å². The van der Waals surface area contributed by atoms with E-state index in [1.807, 2.05) is 67.8 Å². The van der Waals surface area contributed by atoms with Crippen LogP contribution in [-0.4, -0.2) is 16.7 Å². The van der Waals surface area contributed by atoms with Crippen molar-refractivity contribution in [3.05, 3.63) is 69.5 Å². The highest BCUT2D eigenvalue weighted by molar-refractivity contribution is 8.16. The normalized spacial score (nSPS) is 13.0. The summed E-state index contributed by atoms with van der Waals surface area (Å²) >= 11 is 1.51. The van der Waals surface area contributed by atoms with Crippen molar-refractivity contribution >= 4 is 28.6 Å². The summed E-state index contributed by atoms with van der Waals surface area (Å²) in [6.45, 7) is 2.56. The van der Waals surface area contributed by atoms with Gasteiger partial charge < -0.3 is 4.74 Å². The predicted octanol–water partition coefficient (Wildman–Crippen LogP) is 4.61. The molecule has 0 aromatic heterocycles. The Morgan fingerprint density at radius 2 is 1.95 bits per heavy atom. The second kappa shape index (κ2) is 8.20. The minimum atomic E-state index is -0.989. The first-order valence-electron chi connectivity index (χ1n) is 6.96. The van der Waals surface area contributed by atoms with Crippen LogP contribution < -0.4 is 4.74 Å². The van der Waals surface area contributed by atoms with E-state index in [-0.39, 0.29) is 0 Å². The largest absolute Gasteiger partial charge is 0.488 e. The van der Waals surface area contributed by atoms with Gasteiger partial charge in [0.15, 0.2) is 0 Å². The summed E-state index contributed by atoms with van der Waals surface area (Å²) in [7, 11) is -0.989. The molecule has 2 aromatic rings. The van der Waals surface area contributed by atoms with Gasteiger partial charge in [-0.3, -0.25) is 4.21 Å². The van der Waals surface area contributed by atoms with E-state index in [0.29, 0.717) is 6.61 Å². The van der Waals surface area contributed by atoms with Crippen LogP contribution in [-0.2, 0) is 17.4 Å². The van der Waals surface area contributed by atoms with Gasteiger partial charge in [-0.25, -0.2) is 0 Å². The zero-order valence-corrected chi connectivity index (χ0v) is 14.7. The van der Waals surface area contributed by atoms with Crippen LogP contribution in [0.25, 0.3) is 6.08 Å². The summed E-state index contributed by atoms with van der Waals surface area (Å²) in [5, 5.41) is 0. The van der Waals surface area contributed by atoms with Gasteiger partial charge in [-0.2, -0.15) is 0 Å². The molecule has 0 heterocycles. The van der Waals surface area contributed by atoms with Crippen LogP contribution in [0.5, 0.6) is 5.75 Å². The molecular weight excluding hydrogens is 312 g/mol. The van der Waals surface area contributed by atoms with E-state index in [1.54, 1.807) is 6.26 Å². The highest BCUT2D eigenvalue weighted by atomic mass is 32.2. The lowest BCUT2D eigenvalue weighted by Crippen LogP contribution is -1.98. The molecular formula is C18H20O2S2. The fourth-order valence-corrected chi connectivity index (χ4v) is 3.48.